The molecule has 1 aliphatic rings. The van der Waals surface area contributed by atoms with Crippen LogP contribution in [-0.4, -0.2) is 29.1 Å². The van der Waals surface area contributed by atoms with Gasteiger partial charge in [0.15, 0.2) is 5.82 Å². The van der Waals surface area contributed by atoms with Crippen LogP contribution in [0.25, 0.3) is 0 Å². The standard InChI is InChI=1S/C21H26FN5O2/c1-13(19-25-20(26-29-19)21(2,3)4)24-18(28)14-7-9-27(10-8-14)17-6-5-16(22)11-15(17)12-23/h5-6,11,13-14H,7-10H2,1-4H3,(H,24,28). The Kier molecular flexibility index (Phi) is 5.87. The van der Waals surface area contributed by atoms with Crippen molar-refractivity contribution in [2.45, 2.75) is 52.0 Å². The fraction of sp³-hybridized carbons (Fsp3) is 0.524. The molecule has 0 aliphatic carbocycles. The average Bonchev–Trinajstić information content (AvgIpc) is 3.19. The zero-order chi connectivity index (χ0) is 21.2. The van der Waals surface area contributed by atoms with E-state index < -0.39 is 5.82 Å². The molecule has 2 aromatic rings. The summed E-state index contributed by atoms with van der Waals surface area (Å²) >= 11 is 0. The number of hydrogen-bond acceptors (Lipinski definition) is 6. The number of nitrogens with one attached hydrogen (secondary N) is 1. The first kappa shape index (κ1) is 20.8. The van der Waals surface area contributed by atoms with Crippen molar-refractivity contribution in [2.75, 3.05) is 18.0 Å². The number of carbonyl (C=O) groups excluding carboxylic acids is 1. The van der Waals surface area contributed by atoms with Crippen LogP contribution in [0.2, 0.25) is 0 Å². The fourth-order valence-corrected chi connectivity index (χ4v) is 3.36. The Morgan fingerprint density at radius 2 is 2.07 bits per heavy atom. The molecule has 1 fully saturated rings. The van der Waals surface area contributed by atoms with Crippen molar-refractivity contribution in [3.05, 3.63) is 41.3 Å². The Balaban J connectivity index is 1.58. The third-order valence-electron chi connectivity index (χ3n) is 5.13. The lowest BCUT2D eigenvalue weighted by molar-refractivity contribution is -0.126. The van der Waals surface area contributed by atoms with Gasteiger partial charge in [-0.3, -0.25) is 4.79 Å². The van der Waals surface area contributed by atoms with Crippen molar-refractivity contribution < 1.29 is 13.7 Å². The van der Waals surface area contributed by atoms with Crippen LogP contribution in [0, 0.1) is 23.1 Å². The molecule has 1 amide bonds. The molecule has 29 heavy (non-hydrogen) atoms. The molecule has 8 heteroatoms. The average molecular weight is 399 g/mol. The number of piperidine rings is 1. The Hall–Kier alpha value is -2.95. The van der Waals surface area contributed by atoms with Gasteiger partial charge in [0, 0.05) is 24.4 Å². The maximum absolute atomic E-state index is 13.4. The van der Waals surface area contributed by atoms with E-state index in [9.17, 15) is 14.4 Å². The van der Waals surface area contributed by atoms with Gasteiger partial charge < -0.3 is 14.7 Å². The number of aromatic nitrogens is 2. The maximum atomic E-state index is 13.4. The van der Waals surface area contributed by atoms with Gasteiger partial charge in [0.25, 0.3) is 0 Å². The largest absolute Gasteiger partial charge is 0.370 e. The van der Waals surface area contributed by atoms with E-state index >= 15 is 0 Å². The van der Waals surface area contributed by atoms with Gasteiger partial charge in [-0.2, -0.15) is 10.2 Å². The Morgan fingerprint density at radius 1 is 1.38 bits per heavy atom. The second-order valence-electron chi connectivity index (χ2n) is 8.47. The molecule has 1 N–H and O–H groups in total. The van der Waals surface area contributed by atoms with Crippen LogP contribution in [0.4, 0.5) is 10.1 Å². The molecule has 7 nitrogen and oxygen atoms in total. The van der Waals surface area contributed by atoms with Crippen LogP contribution >= 0.6 is 0 Å². The lowest BCUT2D eigenvalue weighted by atomic mass is 9.94. The summed E-state index contributed by atoms with van der Waals surface area (Å²) in [5.41, 5.74) is 0.801. The van der Waals surface area contributed by atoms with E-state index in [-0.39, 0.29) is 23.3 Å². The van der Waals surface area contributed by atoms with Gasteiger partial charge in [-0.05, 0) is 38.0 Å². The van der Waals surface area contributed by atoms with E-state index in [0.29, 0.717) is 48.9 Å². The number of halogens is 1. The third kappa shape index (κ3) is 4.73. The number of hydrogen-bond donors (Lipinski definition) is 1. The summed E-state index contributed by atoms with van der Waals surface area (Å²) in [6, 6.07) is 5.89. The summed E-state index contributed by atoms with van der Waals surface area (Å²) < 4.78 is 18.7. The summed E-state index contributed by atoms with van der Waals surface area (Å²) in [6.45, 7) is 9.07. The minimum absolute atomic E-state index is 0.0488. The van der Waals surface area contributed by atoms with Crippen LogP contribution in [0.3, 0.4) is 0 Å². The zero-order valence-electron chi connectivity index (χ0n) is 17.2. The summed E-state index contributed by atoms with van der Waals surface area (Å²) in [5, 5.41) is 16.2. The highest BCUT2D eigenvalue weighted by molar-refractivity contribution is 5.79. The summed E-state index contributed by atoms with van der Waals surface area (Å²) in [7, 11) is 0. The van der Waals surface area contributed by atoms with Crippen LogP contribution in [0.1, 0.15) is 63.9 Å². The summed E-state index contributed by atoms with van der Waals surface area (Å²) in [4.78, 5) is 19.1. The molecular formula is C21H26FN5O2. The molecule has 154 valence electrons. The van der Waals surface area contributed by atoms with Crippen molar-refractivity contribution in [1.82, 2.24) is 15.5 Å². The number of anilines is 1. The SMILES string of the molecule is CC(NC(=O)C1CCN(c2ccc(F)cc2C#N)CC1)c1nc(C(C)(C)C)no1. The van der Waals surface area contributed by atoms with E-state index in [1.54, 1.807) is 6.07 Å². The van der Waals surface area contributed by atoms with Gasteiger partial charge in [-0.25, -0.2) is 4.39 Å². The fourth-order valence-electron chi connectivity index (χ4n) is 3.36. The van der Waals surface area contributed by atoms with Crippen LogP contribution in [0.5, 0.6) is 0 Å². The van der Waals surface area contributed by atoms with E-state index in [1.165, 1.54) is 12.1 Å². The van der Waals surface area contributed by atoms with Crippen LogP contribution < -0.4 is 10.2 Å². The number of benzene rings is 1. The highest BCUT2D eigenvalue weighted by Crippen LogP contribution is 2.27. The number of nitrogens with zero attached hydrogens (tertiary/aromatic N) is 4. The van der Waals surface area contributed by atoms with Gasteiger partial charge in [0.05, 0.1) is 11.3 Å². The highest BCUT2D eigenvalue weighted by atomic mass is 19.1. The molecule has 0 radical (unpaired) electrons. The van der Waals surface area contributed by atoms with Crippen molar-refractivity contribution in [2.24, 2.45) is 5.92 Å². The number of amides is 1. The van der Waals surface area contributed by atoms with Crippen LogP contribution in [-0.2, 0) is 10.2 Å². The normalized spacial score (nSPS) is 16.3. The molecule has 1 aromatic carbocycles. The minimum atomic E-state index is -0.427. The lowest BCUT2D eigenvalue weighted by Gasteiger charge is -2.33. The summed E-state index contributed by atoms with van der Waals surface area (Å²) in [5.74, 6) is 0.390. The predicted molar refractivity (Wildman–Crippen MR) is 106 cm³/mol. The van der Waals surface area contributed by atoms with Gasteiger partial charge in [0.2, 0.25) is 11.8 Å². The third-order valence-corrected chi connectivity index (χ3v) is 5.13. The quantitative estimate of drug-likeness (QED) is 0.846. The Bertz CT molecular complexity index is 920. The van der Waals surface area contributed by atoms with E-state index in [4.69, 9.17) is 4.52 Å². The molecule has 2 heterocycles. The second kappa shape index (κ2) is 8.19. The minimum Gasteiger partial charge on any atom is -0.370 e. The highest BCUT2D eigenvalue weighted by Gasteiger charge is 2.29. The van der Waals surface area contributed by atoms with Gasteiger partial charge in [-0.1, -0.05) is 25.9 Å². The molecule has 0 bridgehead atoms. The first-order valence-electron chi connectivity index (χ1n) is 9.78. The molecule has 1 aliphatic heterocycles. The number of nitriles is 1. The second-order valence-corrected chi connectivity index (χ2v) is 8.47. The molecule has 3 rings (SSSR count). The maximum Gasteiger partial charge on any atom is 0.248 e. The van der Waals surface area contributed by atoms with Crippen molar-refractivity contribution >= 4 is 11.6 Å². The van der Waals surface area contributed by atoms with Gasteiger partial charge >= 0.3 is 0 Å². The van der Waals surface area contributed by atoms with Crippen molar-refractivity contribution in [1.29, 1.82) is 5.26 Å². The van der Waals surface area contributed by atoms with Gasteiger partial charge in [0.1, 0.15) is 17.9 Å². The molecule has 1 unspecified atom stereocenters. The lowest BCUT2D eigenvalue weighted by Crippen LogP contribution is -2.41. The molecule has 1 atom stereocenters. The molecule has 1 aromatic heterocycles. The van der Waals surface area contributed by atoms with Crippen molar-refractivity contribution in [3.63, 3.8) is 0 Å². The van der Waals surface area contributed by atoms with Crippen LogP contribution in [0.15, 0.2) is 22.7 Å². The number of carbonyl (C=O) groups is 1. The Morgan fingerprint density at radius 3 is 2.66 bits per heavy atom. The molecule has 0 spiro atoms. The first-order valence-corrected chi connectivity index (χ1v) is 9.78. The summed E-state index contributed by atoms with van der Waals surface area (Å²) in [6.07, 6.45) is 1.30. The monoisotopic (exact) mass is 399 g/mol. The predicted octanol–water partition coefficient (Wildman–Crippen LogP) is 3.47. The zero-order valence-corrected chi connectivity index (χ0v) is 17.2. The van der Waals surface area contributed by atoms with E-state index in [2.05, 4.69) is 15.5 Å². The van der Waals surface area contributed by atoms with Crippen molar-refractivity contribution in [3.8, 4) is 6.07 Å². The molecule has 1 saturated heterocycles. The smallest absolute Gasteiger partial charge is 0.248 e. The van der Waals surface area contributed by atoms with E-state index in [1.807, 2.05) is 38.7 Å². The molecular weight excluding hydrogens is 373 g/mol. The Labute approximate surface area is 169 Å². The molecule has 0 saturated carbocycles. The van der Waals surface area contributed by atoms with Gasteiger partial charge in [-0.15, -0.1) is 0 Å². The topological polar surface area (TPSA) is 95.1 Å². The first-order chi connectivity index (χ1) is 13.7. The number of rotatable bonds is 4. The van der Waals surface area contributed by atoms with E-state index in [0.717, 1.165) is 0 Å².